The number of amides is 2. The van der Waals surface area contributed by atoms with Gasteiger partial charge in [-0.3, -0.25) is 9.59 Å². The van der Waals surface area contributed by atoms with Gasteiger partial charge in [-0.2, -0.15) is 18.2 Å². The molecule has 1 saturated heterocycles. The highest BCUT2D eigenvalue weighted by atomic mass is 35.5. The van der Waals surface area contributed by atoms with Crippen LogP contribution in [0.3, 0.4) is 0 Å². The zero-order valence-corrected chi connectivity index (χ0v) is 23.1. The van der Waals surface area contributed by atoms with Crippen molar-refractivity contribution >= 4 is 58.7 Å². The van der Waals surface area contributed by atoms with Gasteiger partial charge in [0.1, 0.15) is 17.1 Å². The van der Waals surface area contributed by atoms with Crippen LogP contribution in [0.4, 0.5) is 47.7 Å². The third-order valence-electron chi connectivity index (χ3n) is 6.19. The Balaban J connectivity index is 0.00000462. The molecule has 0 bridgehead atoms. The number of alkyl halides is 3. The number of halogens is 4. The Morgan fingerprint density at radius 3 is 2.39 bits per heavy atom. The first kappa shape index (κ1) is 31.0. The topological polar surface area (TPSA) is 112 Å². The van der Waals surface area contributed by atoms with Crippen molar-refractivity contribution in [2.45, 2.75) is 13.1 Å². The second kappa shape index (κ2) is 13.2. The number of methoxy groups -OCH3 is 1. The summed E-state index contributed by atoms with van der Waals surface area (Å²) >= 11 is 0. The number of carbonyl (C=O) groups excluding carboxylic acids is 2. The number of carbonyl (C=O) groups is 2. The number of nitrogens with zero attached hydrogens (tertiary/aromatic N) is 4. The molecular formula is C27H29ClF3N7O3. The van der Waals surface area contributed by atoms with E-state index in [-0.39, 0.29) is 29.9 Å². The minimum atomic E-state index is -4.72. The number of hydrogen-bond acceptors (Lipinski definition) is 8. The van der Waals surface area contributed by atoms with Gasteiger partial charge in [-0.15, -0.1) is 12.4 Å². The second-order valence-electron chi connectivity index (χ2n) is 8.86. The van der Waals surface area contributed by atoms with Crippen LogP contribution in [0.2, 0.25) is 0 Å². The molecule has 0 unspecified atom stereocenters. The van der Waals surface area contributed by atoms with Gasteiger partial charge in [0.25, 0.3) is 0 Å². The average Bonchev–Trinajstić information content (AvgIpc) is 2.93. The van der Waals surface area contributed by atoms with E-state index in [9.17, 15) is 22.8 Å². The Morgan fingerprint density at radius 1 is 1.05 bits per heavy atom. The van der Waals surface area contributed by atoms with E-state index in [4.69, 9.17) is 4.74 Å². The third kappa shape index (κ3) is 7.78. The van der Waals surface area contributed by atoms with Gasteiger partial charge in [0.15, 0.2) is 0 Å². The molecule has 218 valence electrons. The molecule has 2 heterocycles. The maximum atomic E-state index is 13.8. The van der Waals surface area contributed by atoms with Crippen LogP contribution in [0.15, 0.2) is 61.3 Å². The number of anilines is 6. The van der Waals surface area contributed by atoms with E-state index in [1.54, 1.807) is 36.1 Å². The highest BCUT2D eigenvalue weighted by Crippen LogP contribution is 2.37. The maximum Gasteiger partial charge on any atom is 0.421 e. The number of nitrogens with one attached hydrogen (secondary N) is 3. The Morgan fingerprint density at radius 2 is 1.76 bits per heavy atom. The summed E-state index contributed by atoms with van der Waals surface area (Å²) in [6.07, 6.45) is -2.95. The highest BCUT2D eigenvalue weighted by Gasteiger charge is 2.35. The molecule has 0 saturated carbocycles. The summed E-state index contributed by atoms with van der Waals surface area (Å²) in [6, 6.07) is 11.5. The van der Waals surface area contributed by atoms with Crippen LogP contribution in [-0.4, -0.2) is 60.0 Å². The van der Waals surface area contributed by atoms with Crippen LogP contribution in [0, 0.1) is 0 Å². The predicted octanol–water partition coefficient (Wildman–Crippen LogP) is 5.21. The van der Waals surface area contributed by atoms with E-state index in [1.165, 1.54) is 19.2 Å². The largest absolute Gasteiger partial charge is 0.494 e. The van der Waals surface area contributed by atoms with Gasteiger partial charge in [-0.05, 0) is 36.4 Å². The molecule has 14 heteroatoms. The lowest BCUT2D eigenvalue weighted by molar-refractivity contribution is -0.137. The molecule has 1 fully saturated rings. The average molecular weight is 592 g/mol. The minimum absolute atomic E-state index is 0. The summed E-state index contributed by atoms with van der Waals surface area (Å²) < 4.78 is 46.8. The second-order valence-corrected chi connectivity index (χ2v) is 8.86. The number of ether oxygens (including phenoxy) is 1. The SMILES string of the molecule is C=CC(=O)Nc1cccc(Nc2nc(Nc3ccc(N4CCN(C(C)=O)CC4)cc3OC)ncc2C(F)(F)F)c1.Cl. The van der Waals surface area contributed by atoms with E-state index in [0.717, 1.165) is 11.8 Å². The zero-order chi connectivity index (χ0) is 28.9. The molecule has 2 aromatic carbocycles. The Bertz CT molecular complexity index is 1410. The Kier molecular flexibility index (Phi) is 10.0. The summed E-state index contributed by atoms with van der Waals surface area (Å²) in [6.45, 7) is 7.45. The minimum Gasteiger partial charge on any atom is -0.494 e. The normalized spacial score (nSPS) is 13.1. The molecule has 41 heavy (non-hydrogen) atoms. The van der Waals surface area contributed by atoms with Gasteiger partial charge in [-0.25, -0.2) is 4.98 Å². The molecule has 0 atom stereocenters. The summed E-state index contributed by atoms with van der Waals surface area (Å²) in [5, 5.41) is 8.16. The predicted molar refractivity (Wildman–Crippen MR) is 154 cm³/mol. The van der Waals surface area contributed by atoms with Crippen LogP contribution >= 0.6 is 12.4 Å². The molecular weight excluding hydrogens is 563 g/mol. The molecule has 3 aromatic rings. The van der Waals surface area contributed by atoms with Crippen molar-refractivity contribution in [3.63, 3.8) is 0 Å². The van der Waals surface area contributed by atoms with Crippen LogP contribution < -0.4 is 25.6 Å². The molecule has 3 N–H and O–H groups in total. The molecule has 1 aliphatic rings. The molecule has 10 nitrogen and oxygen atoms in total. The summed E-state index contributed by atoms with van der Waals surface area (Å²) in [4.78, 5) is 35.1. The van der Waals surface area contributed by atoms with E-state index in [0.29, 0.717) is 49.5 Å². The van der Waals surface area contributed by atoms with E-state index in [2.05, 4.69) is 37.4 Å². The fourth-order valence-electron chi connectivity index (χ4n) is 4.13. The van der Waals surface area contributed by atoms with Crippen LogP contribution in [0.5, 0.6) is 5.75 Å². The molecule has 1 aromatic heterocycles. The van der Waals surface area contributed by atoms with Gasteiger partial charge >= 0.3 is 6.18 Å². The van der Waals surface area contributed by atoms with Gasteiger partial charge in [0.05, 0.1) is 12.8 Å². The van der Waals surface area contributed by atoms with Gasteiger partial charge in [0.2, 0.25) is 17.8 Å². The monoisotopic (exact) mass is 591 g/mol. The first-order valence-corrected chi connectivity index (χ1v) is 12.3. The number of aromatic nitrogens is 2. The van der Waals surface area contributed by atoms with E-state index >= 15 is 0 Å². The van der Waals surface area contributed by atoms with E-state index in [1.807, 2.05) is 6.07 Å². The molecule has 2 amide bonds. The van der Waals surface area contributed by atoms with Crippen molar-refractivity contribution in [1.29, 1.82) is 0 Å². The maximum absolute atomic E-state index is 13.8. The number of rotatable bonds is 8. The molecule has 0 radical (unpaired) electrons. The van der Waals surface area contributed by atoms with Crippen molar-refractivity contribution in [2.24, 2.45) is 0 Å². The summed E-state index contributed by atoms with van der Waals surface area (Å²) in [5.74, 6) is -0.548. The van der Waals surface area contributed by atoms with Crippen molar-refractivity contribution in [3.05, 3.63) is 66.9 Å². The lowest BCUT2D eigenvalue weighted by atomic mass is 10.2. The van der Waals surface area contributed by atoms with Crippen molar-refractivity contribution in [1.82, 2.24) is 14.9 Å². The Labute approximate surface area is 241 Å². The van der Waals surface area contributed by atoms with Crippen molar-refractivity contribution in [3.8, 4) is 5.75 Å². The number of piperazine rings is 1. The lowest BCUT2D eigenvalue weighted by Crippen LogP contribution is -2.48. The van der Waals surface area contributed by atoms with Crippen LogP contribution in [-0.2, 0) is 15.8 Å². The summed E-state index contributed by atoms with van der Waals surface area (Å²) in [5.41, 5.74) is 0.899. The first-order chi connectivity index (χ1) is 19.1. The van der Waals surface area contributed by atoms with E-state index < -0.39 is 23.5 Å². The van der Waals surface area contributed by atoms with Crippen molar-refractivity contribution < 1.29 is 27.5 Å². The number of benzene rings is 2. The van der Waals surface area contributed by atoms with Gasteiger partial charge in [-0.1, -0.05) is 12.6 Å². The molecule has 0 spiro atoms. The van der Waals surface area contributed by atoms with Gasteiger partial charge in [0, 0.05) is 62.4 Å². The highest BCUT2D eigenvalue weighted by molar-refractivity contribution is 5.99. The van der Waals surface area contributed by atoms with Gasteiger partial charge < -0.3 is 30.5 Å². The van der Waals surface area contributed by atoms with Crippen LogP contribution in [0.1, 0.15) is 12.5 Å². The molecule has 0 aliphatic carbocycles. The molecule has 4 rings (SSSR count). The standard InChI is InChI=1S/C27H28F3N7O3.ClH/c1-4-24(39)32-18-6-5-7-19(14-18)33-25-21(27(28,29)30)16-31-26(35-25)34-22-9-8-20(15-23(22)40-3)37-12-10-36(11-13-37)17(2)38;/h4-9,14-16H,1,10-13H2,2-3H3,(H,32,39)(H2,31,33,34,35);1H. The molecule has 1 aliphatic heterocycles. The lowest BCUT2D eigenvalue weighted by Gasteiger charge is -2.35. The number of hydrogen-bond donors (Lipinski definition) is 3. The Hall–Kier alpha value is -4.52. The summed E-state index contributed by atoms with van der Waals surface area (Å²) in [7, 11) is 1.48. The van der Waals surface area contributed by atoms with Crippen molar-refractivity contribution in [2.75, 3.05) is 54.1 Å². The quantitative estimate of drug-likeness (QED) is 0.306. The fourth-order valence-corrected chi connectivity index (χ4v) is 4.13. The third-order valence-corrected chi connectivity index (χ3v) is 6.19. The first-order valence-electron chi connectivity index (χ1n) is 12.3. The fraction of sp³-hybridized carbons (Fsp3) is 0.259. The zero-order valence-electron chi connectivity index (χ0n) is 22.3. The van der Waals surface area contributed by atoms with Crippen LogP contribution in [0.25, 0.3) is 0 Å². The smallest absolute Gasteiger partial charge is 0.421 e.